The fraction of sp³-hybridized carbons (Fsp3) is 0.958. The van der Waals surface area contributed by atoms with Gasteiger partial charge in [0.05, 0.1) is 6.04 Å². The van der Waals surface area contributed by atoms with Gasteiger partial charge in [0.1, 0.15) is 5.50 Å². The lowest BCUT2D eigenvalue weighted by Gasteiger charge is -2.27. The molecule has 0 bridgehead atoms. The molecule has 2 unspecified atom stereocenters. The number of carbonyl (C=O) groups is 1. The van der Waals surface area contributed by atoms with E-state index in [1.807, 2.05) is 19.0 Å². The SMILES string of the molecule is CCCCCCCCCCCCCCCCCC(=O)NC(CC)C(Cl)N(C)C. The molecule has 0 aliphatic heterocycles. The lowest BCUT2D eigenvalue weighted by Crippen LogP contribution is -2.46. The molecule has 0 aliphatic rings. The van der Waals surface area contributed by atoms with E-state index in [-0.39, 0.29) is 17.5 Å². The minimum atomic E-state index is -0.144. The molecule has 2 atom stereocenters. The number of amides is 1. The summed E-state index contributed by atoms with van der Waals surface area (Å²) in [5.41, 5.74) is -0.144. The van der Waals surface area contributed by atoms with Crippen LogP contribution in [0, 0.1) is 0 Å². The molecule has 4 heteroatoms. The third-order valence-corrected chi connectivity index (χ3v) is 6.31. The zero-order valence-electron chi connectivity index (χ0n) is 19.4. The molecule has 0 radical (unpaired) electrons. The number of carbonyl (C=O) groups excluding carboxylic acids is 1. The topological polar surface area (TPSA) is 32.3 Å². The normalized spacial score (nSPS) is 13.6. The number of halogens is 1. The molecule has 0 aromatic heterocycles. The van der Waals surface area contributed by atoms with E-state index < -0.39 is 0 Å². The summed E-state index contributed by atoms with van der Waals surface area (Å²) in [6.45, 7) is 4.35. The van der Waals surface area contributed by atoms with Crippen molar-refractivity contribution in [3.63, 3.8) is 0 Å². The minimum Gasteiger partial charge on any atom is -0.351 e. The molecule has 1 amide bonds. The second-order valence-electron chi connectivity index (χ2n) is 8.62. The van der Waals surface area contributed by atoms with E-state index in [0.29, 0.717) is 6.42 Å². The average molecular weight is 417 g/mol. The van der Waals surface area contributed by atoms with E-state index in [2.05, 4.69) is 19.2 Å². The van der Waals surface area contributed by atoms with Crippen molar-refractivity contribution in [2.24, 2.45) is 0 Å². The first-order valence-electron chi connectivity index (χ1n) is 12.1. The van der Waals surface area contributed by atoms with Gasteiger partial charge in [-0.3, -0.25) is 9.69 Å². The van der Waals surface area contributed by atoms with Crippen molar-refractivity contribution in [3.8, 4) is 0 Å². The van der Waals surface area contributed by atoms with Crippen LogP contribution in [0.15, 0.2) is 0 Å². The molecule has 1 N–H and O–H groups in total. The second kappa shape index (κ2) is 20.0. The maximum absolute atomic E-state index is 12.1. The van der Waals surface area contributed by atoms with Crippen molar-refractivity contribution in [2.75, 3.05) is 14.1 Å². The Kier molecular flexibility index (Phi) is 19.8. The standard InChI is InChI=1S/C24H49ClN2O/c1-5-7-8-9-10-11-12-13-14-15-16-17-18-19-20-21-23(28)26-22(6-2)24(25)27(3)4/h22,24H,5-21H2,1-4H3,(H,26,28). The van der Waals surface area contributed by atoms with Crippen LogP contribution in [0.25, 0.3) is 0 Å². The van der Waals surface area contributed by atoms with Gasteiger partial charge in [-0.25, -0.2) is 0 Å². The van der Waals surface area contributed by atoms with Gasteiger partial charge in [-0.2, -0.15) is 0 Å². The highest BCUT2D eigenvalue weighted by Gasteiger charge is 2.20. The predicted octanol–water partition coefficient (Wildman–Crippen LogP) is 7.27. The van der Waals surface area contributed by atoms with Crippen LogP contribution in [-0.2, 0) is 4.79 Å². The molecule has 0 saturated carbocycles. The summed E-state index contributed by atoms with van der Waals surface area (Å²) in [5.74, 6) is 0.147. The number of rotatable bonds is 20. The molecular formula is C24H49ClN2O. The van der Waals surface area contributed by atoms with Crippen LogP contribution in [0.1, 0.15) is 123 Å². The van der Waals surface area contributed by atoms with Crippen molar-refractivity contribution in [1.82, 2.24) is 10.2 Å². The Morgan fingerprint density at radius 2 is 1.14 bits per heavy atom. The van der Waals surface area contributed by atoms with Crippen LogP contribution in [0.4, 0.5) is 0 Å². The number of nitrogens with one attached hydrogen (secondary N) is 1. The second-order valence-corrected chi connectivity index (χ2v) is 9.07. The van der Waals surface area contributed by atoms with E-state index in [4.69, 9.17) is 11.6 Å². The van der Waals surface area contributed by atoms with Crippen molar-refractivity contribution in [2.45, 2.75) is 135 Å². The Bertz CT molecular complexity index is 349. The summed E-state index contributed by atoms with van der Waals surface area (Å²) in [6.07, 6.45) is 21.7. The zero-order valence-corrected chi connectivity index (χ0v) is 20.2. The summed E-state index contributed by atoms with van der Waals surface area (Å²) in [4.78, 5) is 14.0. The van der Waals surface area contributed by atoms with E-state index in [9.17, 15) is 4.79 Å². The number of hydrogen-bond donors (Lipinski definition) is 1. The number of hydrogen-bond acceptors (Lipinski definition) is 2. The molecule has 28 heavy (non-hydrogen) atoms. The maximum Gasteiger partial charge on any atom is 0.220 e. The first kappa shape index (κ1) is 27.7. The third kappa shape index (κ3) is 16.7. The summed E-state index contributed by atoms with van der Waals surface area (Å²) in [5, 5.41) is 3.08. The molecule has 0 rings (SSSR count). The van der Waals surface area contributed by atoms with Crippen LogP contribution in [0.3, 0.4) is 0 Å². The van der Waals surface area contributed by atoms with Gasteiger partial charge in [0.15, 0.2) is 0 Å². The first-order valence-corrected chi connectivity index (χ1v) is 12.6. The quantitative estimate of drug-likeness (QED) is 0.128. The highest BCUT2D eigenvalue weighted by molar-refractivity contribution is 6.20. The van der Waals surface area contributed by atoms with Gasteiger partial charge < -0.3 is 5.32 Å². The summed E-state index contributed by atoms with van der Waals surface area (Å²) in [7, 11) is 3.89. The molecule has 0 aromatic rings. The smallest absolute Gasteiger partial charge is 0.220 e. The summed E-state index contributed by atoms with van der Waals surface area (Å²) >= 11 is 6.33. The van der Waals surface area contributed by atoms with Gasteiger partial charge in [0.25, 0.3) is 0 Å². The minimum absolute atomic E-state index is 0.0282. The Labute approximate surface area is 181 Å². The Morgan fingerprint density at radius 3 is 1.50 bits per heavy atom. The van der Waals surface area contributed by atoms with Crippen molar-refractivity contribution in [1.29, 1.82) is 0 Å². The first-order chi connectivity index (χ1) is 13.5. The van der Waals surface area contributed by atoms with Gasteiger partial charge in [-0.15, -0.1) is 11.6 Å². The van der Waals surface area contributed by atoms with E-state index in [1.165, 1.54) is 89.9 Å². The lowest BCUT2D eigenvalue weighted by atomic mass is 10.0. The van der Waals surface area contributed by atoms with Crippen LogP contribution >= 0.6 is 11.6 Å². The van der Waals surface area contributed by atoms with Crippen LogP contribution in [-0.4, -0.2) is 36.4 Å². The molecular weight excluding hydrogens is 368 g/mol. The van der Waals surface area contributed by atoms with Crippen molar-refractivity contribution in [3.05, 3.63) is 0 Å². The highest BCUT2D eigenvalue weighted by atomic mass is 35.5. The maximum atomic E-state index is 12.1. The monoisotopic (exact) mass is 416 g/mol. The number of alkyl halides is 1. The summed E-state index contributed by atoms with van der Waals surface area (Å²) < 4.78 is 0. The lowest BCUT2D eigenvalue weighted by molar-refractivity contribution is -0.122. The van der Waals surface area contributed by atoms with Gasteiger partial charge in [0, 0.05) is 6.42 Å². The number of nitrogens with zero attached hydrogens (tertiary/aromatic N) is 1. The fourth-order valence-electron chi connectivity index (χ4n) is 3.66. The fourth-order valence-corrected chi connectivity index (χ4v) is 3.90. The van der Waals surface area contributed by atoms with E-state index in [0.717, 1.165) is 12.8 Å². The van der Waals surface area contributed by atoms with Gasteiger partial charge >= 0.3 is 0 Å². The molecule has 0 fully saturated rings. The van der Waals surface area contributed by atoms with E-state index >= 15 is 0 Å². The molecule has 0 spiro atoms. The molecule has 0 aromatic carbocycles. The highest BCUT2D eigenvalue weighted by Crippen LogP contribution is 2.14. The van der Waals surface area contributed by atoms with Gasteiger partial charge in [0.2, 0.25) is 5.91 Å². The van der Waals surface area contributed by atoms with Crippen LogP contribution in [0.5, 0.6) is 0 Å². The van der Waals surface area contributed by atoms with Gasteiger partial charge in [-0.05, 0) is 26.9 Å². The largest absolute Gasteiger partial charge is 0.351 e. The third-order valence-electron chi connectivity index (χ3n) is 5.62. The van der Waals surface area contributed by atoms with Crippen LogP contribution in [0.2, 0.25) is 0 Å². The molecule has 0 aliphatic carbocycles. The summed E-state index contributed by atoms with van der Waals surface area (Å²) in [6, 6.07) is 0.0282. The Hall–Kier alpha value is -0.280. The Balaban J connectivity index is 3.40. The zero-order chi connectivity index (χ0) is 21.0. The molecule has 3 nitrogen and oxygen atoms in total. The van der Waals surface area contributed by atoms with E-state index in [1.54, 1.807) is 0 Å². The van der Waals surface area contributed by atoms with Crippen molar-refractivity contribution >= 4 is 17.5 Å². The van der Waals surface area contributed by atoms with Gasteiger partial charge in [-0.1, -0.05) is 104 Å². The molecule has 0 heterocycles. The Morgan fingerprint density at radius 1 is 0.750 bits per heavy atom. The average Bonchev–Trinajstić information content (AvgIpc) is 2.68. The molecule has 0 saturated heterocycles. The van der Waals surface area contributed by atoms with Crippen molar-refractivity contribution < 1.29 is 4.79 Å². The predicted molar refractivity (Wildman–Crippen MR) is 125 cm³/mol. The number of unbranched alkanes of at least 4 members (excludes halogenated alkanes) is 14. The van der Waals surface area contributed by atoms with Crippen LogP contribution < -0.4 is 5.32 Å². The number of likely N-dealkylation sites (N-methyl/N-ethyl adjacent to an activating group) is 1. The molecule has 168 valence electrons.